The number of carbonyl (C=O) groups is 1. The van der Waals surface area contributed by atoms with E-state index in [4.69, 9.17) is 9.52 Å². The van der Waals surface area contributed by atoms with Crippen LogP contribution in [0.2, 0.25) is 0 Å². The molecule has 1 aromatic carbocycles. The first kappa shape index (κ1) is 10.4. The Morgan fingerprint density at radius 2 is 2.00 bits per heavy atom. The first-order chi connectivity index (χ1) is 7.79. The lowest BCUT2D eigenvalue weighted by Gasteiger charge is -2.03. The number of rotatable bonds is 3. The molecule has 2 rings (SSSR count). The van der Waals surface area contributed by atoms with Crippen molar-refractivity contribution in [3.05, 3.63) is 54.0 Å². The monoisotopic (exact) mass is 217 g/mol. The fourth-order valence-electron chi connectivity index (χ4n) is 1.29. The van der Waals surface area contributed by atoms with Crippen LogP contribution in [-0.4, -0.2) is 11.0 Å². The number of aliphatic hydroxyl groups excluding tert-OH is 1. The van der Waals surface area contributed by atoms with Crippen molar-refractivity contribution in [1.82, 2.24) is 0 Å². The van der Waals surface area contributed by atoms with Crippen molar-refractivity contribution >= 4 is 11.6 Å². The van der Waals surface area contributed by atoms with Gasteiger partial charge in [0.15, 0.2) is 5.76 Å². The Morgan fingerprint density at radius 3 is 2.56 bits per heavy atom. The number of hydrogen-bond donors (Lipinski definition) is 2. The van der Waals surface area contributed by atoms with E-state index in [9.17, 15) is 4.79 Å². The molecule has 0 saturated heterocycles. The van der Waals surface area contributed by atoms with Crippen LogP contribution in [0.5, 0.6) is 0 Å². The molecule has 0 fully saturated rings. The van der Waals surface area contributed by atoms with Gasteiger partial charge in [0.25, 0.3) is 5.91 Å². The molecule has 2 aromatic rings. The minimum atomic E-state index is -0.290. The lowest BCUT2D eigenvalue weighted by atomic mass is 10.2. The van der Waals surface area contributed by atoms with Gasteiger partial charge in [-0.15, -0.1) is 0 Å². The Kier molecular flexibility index (Phi) is 3.03. The minimum Gasteiger partial charge on any atom is -0.459 e. The summed E-state index contributed by atoms with van der Waals surface area (Å²) < 4.78 is 4.96. The molecule has 1 amide bonds. The molecule has 0 saturated carbocycles. The molecular weight excluding hydrogens is 206 g/mol. The van der Waals surface area contributed by atoms with Crippen molar-refractivity contribution < 1.29 is 14.3 Å². The maximum Gasteiger partial charge on any atom is 0.291 e. The van der Waals surface area contributed by atoms with E-state index in [1.54, 1.807) is 36.4 Å². The summed E-state index contributed by atoms with van der Waals surface area (Å²) in [7, 11) is 0. The number of aliphatic hydroxyl groups is 1. The predicted molar refractivity (Wildman–Crippen MR) is 59.0 cm³/mol. The Balaban J connectivity index is 2.06. The van der Waals surface area contributed by atoms with Crippen LogP contribution < -0.4 is 5.32 Å². The van der Waals surface area contributed by atoms with Gasteiger partial charge in [-0.05, 0) is 29.8 Å². The van der Waals surface area contributed by atoms with Crippen molar-refractivity contribution in [3.8, 4) is 0 Å². The van der Waals surface area contributed by atoms with Crippen LogP contribution in [-0.2, 0) is 6.61 Å². The Labute approximate surface area is 92.5 Å². The van der Waals surface area contributed by atoms with E-state index in [1.165, 1.54) is 6.26 Å². The molecule has 0 atom stereocenters. The topological polar surface area (TPSA) is 62.5 Å². The molecular formula is C12H11NO3. The second-order valence-electron chi connectivity index (χ2n) is 3.29. The maximum absolute atomic E-state index is 11.6. The molecule has 4 heteroatoms. The third-order valence-corrected chi connectivity index (χ3v) is 2.14. The Hall–Kier alpha value is -2.07. The first-order valence-electron chi connectivity index (χ1n) is 4.84. The van der Waals surface area contributed by atoms with Gasteiger partial charge in [0, 0.05) is 5.69 Å². The van der Waals surface area contributed by atoms with Crippen LogP contribution in [0, 0.1) is 0 Å². The van der Waals surface area contributed by atoms with Crippen molar-refractivity contribution in [1.29, 1.82) is 0 Å². The quantitative estimate of drug-likeness (QED) is 0.826. The zero-order valence-electron chi connectivity index (χ0n) is 8.51. The van der Waals surface area contributed by atoms with Gasteiger partial charge in [0.1, 0.15) is 0 Å². The van der Waals surface area contributed by atoms with Gasteiger partial charge >= 0.3 is 0 Å². The van der Waals surface area contributed by atoms with Gasteiger partial charge in [0.2, 0.25) is 0 Å². The molecule has 82 valence electrons. The molecule has 0 spiro atoms. The van der Waals surface area contributed by atoms with Crippen LogP contribution in [0.4, 0.5) is 5.69 Å². The molecule has 4 nitrogen and oxygen atoms in total. The number of nitrogens with one attached hydrogen (secondary N) is 1. The largest absolute Gasteiger partial charge is 0.459 e. The highest BCUT2D eigenvalue weighted by molar-refractivity contribution is 6.02. The van der Waals surface area contributed by atoms with E-state index in [2.05, 4.69) is 5.32 Å². The number of anilines is 1. The zero-order chi connectivity index (χ0) is 11.4. The minimum absolute atomic E-state index is 0.00753. The number of amides is 1. The number of benzene rings is 1. The predicted octanol–water partition coefficient (Wildman–Crippen LogP) is 2.02. The maximum atomic E-state index is 11.6. The highest BCUT2D eigenvalue weighted by Crippen LogP contribution is 2.11. The van der Waals surface area contributed by atoms with Crippen molar-refractivity contribution in [3.63, 3.8) is 0 Å². The van der Waals surface area contributed by atoms with Gasteiger partial charge in [-0.2, -0.15) is 0 Å². The summed E-state index contributed by atoms with van der Waals surface area (Å²) in [6.45, 7) is -0.00753. The molecule has 0 bridgehead atoms. The summed E-state index contributed by atoms with van der Waals surface area (Å²) in [5.74, 6) is -0.0204. The van der Waals surface area contributed by atoms with Crippen LogP contribution in [0.3, 0.4) is 0 Å². The lowest BCUT2D eigenvalue weighted by molar-refractivity contribution is 0.0996. The van der Waals surface area contributed by atoms with Crippen molar-refractivity contribution in [2.24, 2.45) is 0 Å². The van der Waals surface area contributed by atoms with Crippen LogP contribution >= 0.6 is 0 Å². The standard InChI is InChI=1S/C12H11NO3/c14-8-9-3-5-10(6-4-9)13-12(15)11-2-1-7-16-11/h1-7,14H,8H2,(H,13,15). The van der Waals surface area contributed by atoms with E-state index in [-0.39, 0.29) is 18.3 Å². The highest BCUT2D eigenvalue weighted by atomic mass is 16.3. The molecule has 2 N–H and O–H groups in total. The molecule has 1 aromatic heterocycles. The van der Waals surface area contributed by atoms with Gasteiger partial charge < -0.3 is 14.8 Å². The molecule has 16 heavy (non-hydrogen) atoms. The number of carbonyl (C=O) groups excluding carboxylic acids is 1. The third-order valence-electron chi connectivity index (χ3n) is 2.14. The van der Waals surface area contributed by atoms with Crippen LogP contribution in [0.15, 0.2) is 47.1 Å². The second-order valence-corrected chi connectivity index (χ2v) is 3.29. The summed E-state index contributed by atoms with van der Waals surface area (Å²) in [6, 6.07) is 10.2. The fourth-order valence-corrected chi connectivity index (χ4v) is 1.29. The smallest absolute Gasteiger partial charge is 0.291 e. The average Bonchev–Trinajstić information content (AvgIpc) is 2.83. The van der Waals surface area contributed by atoms with E-state index >= 15 is 0 Å². The number of hydrogen-bond acceptors (Lipinski definition) is 3. The summed E-state index contributed by atoms with van der Waals surface area (Å²) in [4.78, 5) is 11.6. The Bertz CT molecular complexity index is 460. The zero-order valence-corrected chi connectivity index (χ0v) is 8.51. The molecule has 1 heterocycles. The highest BCUT2D eigenvalue weighted by Gasteiger charge is 2.07. The lowest BCUT2D eigenvalue weighted by Crippen LogP contribution is -2.10. The van der Waals surface area contributed by atoms with Gasteiger partial charge in [-0.25, -0.2) is 0 Å². The van der Waals surface area contributed by atoms with E-state index < -0.39 is 0 Å². The van der Waals surface area contributed by atoms with Crippen LogP contribution in [0.25, 0.3) is 0 Å². The molecule has 0 aliphatic heterocycles. The van der Waals surface area contributed by atoms with Gasteiger partial charge in [-0.3, -0.25) is 4.79 Å². The van der Waals surface area contributed by atoms with E-state index in [1.807, 2.05) is 0 Å². The summed E-state index contributed by atoms with van der Waals surface area (Å²) in [6.07, 6.45) is 1.45. The van der Waals surface area contributed by atoms with Gasteiger partial charge in [-0.1, -0.05) is 12.1 Å². The molecule has 0 aliphatic rings. The van der Waals surface area contributed by atoms with Crippen molar-refractivity contribution in [2.45, 2.75) is 6.61 Å². The average molecular weight is 217 g/mol. The van der Waals surface area contributed by atoms with Gasteiger partial charge in [0.05, 0.1) is 12.9 Å². The molecule has 0 radical (unpaired) electrons. The fraction of sp³-hybridized carbons (Fsp3) is 0.0833. The summed E-state index contributed by atoms with van der Waals surface area (Å²) >= 11 is 0. The summed E-state index contributed by atoms with van der Waals surface area (Å²) in [5.41, 5.74) is 1.47. The van der Waals surface area contributed by atoms with E-state index in [0.29, 0.717) is 5.69 Å². The molecule has 0 aliphatic carbocycles. The first-order valence-corrected chi connectivity index (χ1v) is 4.84. The van der Waals surface area contributed by atoms with E-state index in [0.717, 1.165) is 5.56 Å². The normalized spacial score (nSPS) is 10.1. The Morgan fingerprint density at radius 1 is 1.25 bits per heavy atom. The number of furan rings is 1. The SMILES string of the molecule is O=C(Nc1ccc(CO)cc1)c1ccco1. The third kappa shape index (κ3) is 2.29. The summed E-state index contributed by atoms with van der Waals surface area (Å²) in [5, 5.41) is 11.5. The van der Waals surface area contributed by atoms with Crippen molar-refractivity contribution in [2.75, 3.05) is 5.32 Å². The van der Waals surface area contributed by atoms with Crippen LogP contribution in [0.1, 0.15) is 16.1 Å². The molecule has 0 unspecified atom stereocenters. The second kappa shape index (κ2) is 4.63.